The number of aliphatic imine (C=N–C) groups is 1. The average molecular weight is 509 g/mol. The van der Waals surface area contributed by atoms with E-state index in [0.29, 0.717) is 0 Å². The molecule has 0 saturated heterocycles. The Labute approximate surface area is 189 Å². The maximum Gasteiger partial charge on any atom is 0.586 e. The highest BCUT2D eigenvalue weighted by Gasteiger charge is 2.61. The fraction of sp³-hybridized carbons (Fsp3) is 0.400. The van der Waals surface area contributed by atoms with E-state index >= 15 is 0 Å². The van der Waals surface area contributed by atoms with Crippen molar-refractivity contribution in [2.24, 2.45) is 10.7 Å². The Morgan fingerprint density at radius 1 is 1.06 bits per heavy atom. The molecule has 0 aliphatic carbocycles. The maximum atomic E-state index is 14.8. The van der Waals surface area contributed by atoms with Gasteiger partial charge in [0.25, 0.3) is 9.84 Å². The van der Waals surface area contributed by atoms with Crippen molar-refractivity contribution >= 4 is 15.7 Å². The van der Waals surface area contributed by atoms with Crippen LogP contribution in [0.3, 0.4) is 0 Å². The third kappa shape index (κ3) is 3.63. The van der Waals surface area contributed by atoms with E-state index in [1.807, 2.05) is 0 Å². The maximum absolute atomic E-state index is 14.8. The number of hydrogen-bond acceptors (Lipinski definition) is 7. The Bertz CT molecular complexity index is 1310. The summed E-state index contributed by atoms with van der Waals surface area (Å²) in [5.74, 6) is -2.16. The van der Waals surface area contributed by atoms with Crippen LogP contribution in [-0.2, 0) is 15.4 Å². The summed E-state index contributed by atoms with van der Waals surface area (Å²) in [7, 11) is -5.70. The molecule has 7 nitrogen and oxygen atoms in total. The minimum Gasteiger partial charge on any atom is -0.395 e. The molecular weight excluding hydrogens is 492 g/mol. The van der Waals surface area contributed by atoms with Crippen molar-refractivity contribution in [1.82, 2.24) is 4.98 Å². The minimum absolute atomic E-state index is 0.0933. The average Bonchev–Trinajstić information content (AvgIpc) is 3.03. The number of halogens is 6. The fourth-order valence-electron chi connectivity index (χ4n) is 3.89. The molecule has 14 heteroatoms. The third-order valence-corrected chi connectivity index (χ3v) is 8.24. The van der Waals surface area contributed by atoms with E-state index in [1.165, 1.54) is 19.1 Å². The highest BCUT2D eigenvalue weighted by Crippen LogP contribution is 2.46. The standard InChI is InChI=1S/C20H17F6N3O4S/c1-17(5-6-18(2,16(27)29-17)34(30,31)19(22,23)24)11-7-10(3-4-12(11)21)13-8-14-15(9-28-13)33-20(25,26)32-14/h3-4,7-9H,5-6H2,1-2H3,(H2,27,29)/t17-,18+/m0/s1. The molecule has 2 atom stereocenters. The molecule has 0 amide bonds. The molecule has 2 aromatic rings. The highest BCUT2D eigenvalue weighted by molar-refractivity contribution is 7.94. The van der Waals surface area contributed by atoms with E-state index in [4.69, 9.17) is 5.73 Å². The first kappa shape index (κ1) is 24.1. The summed E-state index contributed by atoms with van der Waals surface area (Å²) in [5.41, 5.74) is -1.06. The second-order valence-corrected chi connectivity index (χ2v) is 10.7. The lowest BCUT2D eigenvalue weighted by atomic mass is 9.81. The van der Waals surface area contributed by atoms with Gasteiger partial charge in [-0.25, -0.2) is 12.8 Å². The Kier molecular flexibility index (Phi) is 5.13. The number of nitrogens with zero attached hydrogens (tertiary/aromatic N) is 2. The monoisotopic (exact) mass is 509 g/mol. The van der Waals surface area contributed by atoms with Gasteiger partial charge in [0.15, 0.2) is 11.5 Å². The molecule has 2 N–H and O–H groups in total. The molecule has 1 aromatic heterocycles. The third-order valence-electron chi connectivity index (χ3n) is 6.03. The van der Waals surface area contributed by atoms with Crippen LogP contribution in [0.4, 0.5) is 26.3 Å². The number of pyridine rings is 1. The van der Waals surface area contributed by atoms with E-state index in [1.54, 1.807) is 0 Å². The van der Waals surface area contributed by atoms with Gasteiger partial charge in [-0.15, -0.1) is 8.78 Å². The lowest BCUT2D eigenvalue weighted by Crippen LogP contribution is -2.56. The number of rotatable bonds is 3. The predicted octanol–water partition coefficient (Wildman–Crippen LogP) is 4.27. The normalized spacial score (nSPS) is 26.3. The van der Waals surface area contributed by atoms with Gasteiger partial charge in [0.1, 0.15) is 16.4 Å². The smallest absolute Gasteiger partial charge is 0.395 e. The molecule has 3 heterocycles. The second kappa shape index (κ2) is 7.23. The van der Waals surface area contributed by atoms with Crippen molar-refractivity contribution in [3.63, 3.8) is 0 Å². The fourth-order valence-corrected chi connectivity index (χ4v) is 5.09. The van der Waals surface area contributed by atoms with Crippen LogP contribution in [0.2, 0.25) is 0 Å². The molecular formula is C20H17F6N3O4S. The van der Waals surface area contributed by atoms with Crippen LogP contribution < -0.4 is 15.2 Å². The highest BCUT2D eigenvalue weighted by atomic mass is 32.2. The summed E-state index contributed by atoms with van der Waals surface area (Å²) in [6, 6.07) is 4.79. The van der Waals surface area contributed by atoms with Crippen LogP contribution in [0.25, 0.3) is 11.3 Å². The van der Waals surface area contributed by atoms with Crippen molar-refractivity contribution in [1.29, 1.82) is 0 Å². The predicted molar refractivity (Wildman–Crippen MR) is 107 cm³/mol. The Morgan fingerprint density at radius 3 is 2.32 bits per heavy atom. The molecule has 1 aromatic carbocycles. The number of amidine groups is 1. The van der Waals surface area contributed by atoms with Crippen molar-refractivity contribution in [3.8, 4) is 22.8 Å². The van der Waals surface area contributed by atoms with Crippen molar-refractivity contribution in [3.05, 3.63) is 41.8 Å². The number of benzene rings is 1. The quantitative estimate of drug-likeness (QED) is 0.620. The summed E-state index contributed by atoms with van der Waals surface area (Å²) in [5, 5.41) is 0. The molecule has 184 valence electrons. The van der Waals surface area contributed by atoms with Crippen LogP contribution in [0.5, 0.6) is 11.5 Å². The Balaban J connectivity index is 1.74. The minimum atomic E-state index is -5.70. The van der Waals surface area contributed by atoms with Gasteiger partial charge in [0, 0.05) is 17.2 Å². The molecule has 4 rings (SSSR count). The SMILES string of the molecule is C[C@@]1(c2cc(-c3cc4c(cn3)OC(F)(F)O4)ccc2F)CC[C@@](C)(S(=O)(=O)C(F)(F)F)C(N)=N1. The van der Waals surface area contributed by atoms with Crippen molar-refractivity contribution < 1.29 is 44.2 Å². The van der Waals surface area contributed by atoms with Crippen LogP contribution in [-0.4, -0.2) is 35.8 Å². The second-order valence-electron chi connectivity index (χ2n) is 8.33. The number of aromatic nitrogens is 1. The zero-order chi connectivity index (χ0) is 25.3. The number of fused-ring (bicyclic) bond motifs is 1. The van der Waals surface area contributed by atoms with Crippen LogP contribution >= 0.6 is 0 Å². The van der Waals surface area contributed by atoms with Gasteiger partial charge in [0.05, 0.1) is 17.4 Å². The van der Waals surface area contributed by atoms with Gasteiger partial charge >= 0.3 is 11.8 Å². The molecule has 34 heavy (non-hydrogen) atoms. The molecule has 0 spiro atoms. The zero-order valence-electron chi connectivity index (χ0n) is 17.6. The summed E-state index contributed by atoms with van der Waals surface area (Å²) in [6.45, 7) is 2.22. The molecule has 0 unspecified atom stereocenters. The van der Waals surface area contributed by atoms with Crippen molar-refractivity contribution in [2.75, 3.05) is 0 Å². The van der Waals surface area contributed by atoms with Crippen LogP contribution in [0.1, 0.15) is 32.3 Å². The summed E-state index contributed by atoms with van der Waals surface area (Å²) in [6.07, 6.45) is -3.70. The van der Waals surface area contributed by atoms with E-state index < -0.39 is 50.0 Å². The molecule has 2 aliphatic heterocycles. The molecule has 0 bridgehead atoms. The first-order valence-electron chi connectivity index (χ1n) is 9.72. The van der Waals surface area contributed by atoms with Gasteiger partial charge in [-0.1, -0.05) is 0 Å². The number of hydrogen-bond donors (Lipinski definition) is 1. The molecule has 0 fully saturated rings. The Morgan fingerprint density at radius 2 is 1.71 bits per heavy atom. The number of nitrogens with two attached hydrogens (primary N) is 1. The lowest BCUT2D eigenvalue weighted by Gasteiger charge is -2.39. The zero-order valence-corrected chi connectivity index (χ0v) is 18.4. The van der Waals surface area contributed by atoms with Gasteiger partial charge < -0.3 is 15.2 Å². The first-order valence-corrected chi connectivity index (χ1v) is 11.2. The van der Waals surface area contributed by atoms with Gasteiger partial charge in [-0.3, -0.25) is 9.98 Å². The summed E-state index contributed by atoms with van der Waals surface area (Å²) in [4.78, 5) is 8.00. The van der Waals surface area contributed by atoms with E-state index in [9.17, 15) is 34.8 Å². The number of alkyl halides is 5. The van der Waals surface area contributed by atoms with Crippen LogP contribution in [0.15, 0.2) is 35.5 Å². The summed E-state index contributed by atoms with van der Waals surface area (Å²) < 4.78 is 111. The van der Waals surface area contributed by atoms with E-state index in [-0.39, 0.29) is 34.7 Å². The van der Waals surface area contributed by atoms with Crippen molar-refractivity contribution in [2.45, 2.75) is 48.8 Å². The first-order chi connectivity index (χ1) is 15.5. The van der Waals surface area contributed by atoms with E-state index in [0.717, 1.165) is 25.3 Å². The van der Waals surface area contributed by atoms with Gasteiger partial charge in [0.2, 0.25) is 0 Å². The lowest BCUT2D eigenvalue weighted by molar-refractivity contribution is -0.286. The van der Waals surface area contributed by atoms with Gasteiger partial charge in [-0.05, 0) is 44.9 Å². The van der Waals surface area contributed by atoms with Crippen LogP contribution in [0, 0.1) is 5.82 Å². The van der Waals surface area contributed by atoms with Gasteiger partial charge in [-0.2, -0.15) is 13.2 Å². The number of sulfone groups is 1. The Hall–Kier alpha value is -3.03. The number of ether oxygens (including phenoxy) is 2. The van der Waals surface area contributed by atoms with E-state index in [2.05, 4.69) is 19.5 Å². The molecule has 0 radical (unpaired) electrons. The largest absolute Gasteiger partial charge is 0.586 e. The molecule has 2 aliphatic rings. The molecule has 0 saturated carbocycles. The summed E-state index contributed by atoms with van der Waals surface area (Å²) >= 11 is 0. The topological polar surface area (TPSA) is 104 Å².